The first kappa shape index (κ1) is 18.1. The van der Waals surface area contributed by atoms with E-state index in [1.165, 1.54) is 19.2 Å². The van der Waals surface area contributed by atoms with Gasteiger partial charge in [0.2, 0.25) is 0 Å². The van der Waals surface area contributed by atoms with E-state index in [4.69, 9.17) is 16.3 Å². The summed E-state index contributed by atoms with van der Waals surface area (Å²) in [5, 5.41) is 0. The average molecular weight is 346 g/mol. The highest BCUT2D eigenvalue weighted by Gasteiger charge is 2.46. The van der Waals surface area contributed by atoms with E-state index in [0.29, 0.717) is 31.3 Å². The van der Waals surface area contributed by atoms with E-state index in [9.17, 15) is 21.6 Å². The zero-order valence-corrected chi connectivity index (χ0v) is 12.8. The highest BCUT2D eigenvalue weighted by atomic mass is 35.5. The van der Waals surface area contributed by atoms with Crippen LogP contribution in [-0.4, -0.2) is 46.6 Å². The van der Waals surface area contributed by atoms with Crippen LogP contribution in [-0.2, 0) is 14.6 Å². The van der Waals surface area contributed by atoms with Gasteiger partial charge in [-0.05, 0) is 24.3 Å². The SMILES string of the molecule is COCCN(CCCl)c1ccc(S(=O)(=O)C(F)(F)F)cc1. The molecule has 0 fully saturated rings. The van der Waals surface area contributed by atoms with Gasteiger partial charge in [-0.2, -0.15) is 13.2 Å². The fraction of sp³-hybridized carbons (Fsp3) is 0.500. The molecule has 0 spiro atoms. The molecule has 1 aromatic carbocycles. The molecule has 0 bridgehead atoms. The Morgan fingerprint density at radius 2 is 1.76 bits per heavy atom. The molecule has 0 aliphatic carbocycles. The lowest BCUT2D eigenvalue weighted by atomic mass is 10.3. The Hall–Kier alpha value is -0.990. The summed E-state index contributed by atoms with van der Waals surface area (Å²) in [5.41, 5.74) is -4.73. The molecule has 0 unspecified atom stereocenters. The molecule has 1 aromatic rings. The number of ether oxygens (including phenoxy) is 1. The van der Waals surface area contributed by atoms with Gasteiger partial charge in [-0.3, -0.25) is 0 Å². The maximum atomic E-state index is 12.4. The zero-order chi connectivity index (χ0) is 16.1. The second kappa shape index (κ2) is 7.33. The molecule has 0 atom stereocenters. The summed E-state index contributed by atoms with van der Waals surface area (Å²) in [5.74, 6) is 0.326. The van der Waals surface area contributed by atoms with Crippen molar-refractivity contribution in [3.63, 3.8) is 0 Å². The lowest BCUT2D eigenvalue weighted by molar-refractivity contribution is -0.0436. The molecule has 0 aromatic heterocycles. The first-order valence-corrected chi connectivity index (χ1v) is 7.97. The van der Waals surface area contributed by atoms with Crippen LogP contribution in [0.5, 0.6) is 0 Å². The predicted molar refractivity (Wildman–Crippen MR) is 74.5 cm³/mol. The number of methoxy groups -OCH3 is 1. The van der Waals surface area contributed by atoms with E-state index in [-0.39, 0.29) is 0 Å². The Labute approximate surface area is 126 Å². The minimum absolute atomic E-state index is 0.326. The van der Waals surface area contributed by atoms with Crippen molar-refractivity contribution in [1.82, 2.24) is 0 Å². The third-order valence-electron chi connectivity index (χ3n) is 2.74. The van der Waals surface area contributed by atoms with E-state index in [0.717, 1.165) is 12.1 Å². The summed E-state index contributed by atoms with van der Waals surface area (Å²) in [6.45, 7) is 1.38. The van der Waals surface area contributed by atoms with Crippen LogP contribution >= 0.6 is 11.6 Å². The number of hydrogen-bond acceptors (Lipinski definition) is 4. The van der Waals surface area contributed by atoms with Crippen LogP contribution in [0.1, 0.15) is 0 Å². The van der Waals surface area contributed by atoms with Crippen molar-refractivity contribution in [2.24, 2.45) is 0 Å². The van der Waals surface area contributed by atoms with Crippen molar-refractivity contribution in [3.05, 3.63) is 24.3 Å². The molecule has 0 aliphatic rings. The van der Waals surface area contributed by atoms with Gasteiger partial charge in [0.05, 0.1) is 11.5 Å². The summed E-state index contributed by atoms with van der Waals surface area (Å²) in [7, 11) is -3.79. The Bertz CT molecular complexity index is 546. The number of alkyl halides is 4. The minimum atomic E-state index is -5.32. The van der Waals surface area contributed by atoms with Gasteiger partial charge in [-0.25, -0.2) is 8.42 Å². The van der Waals surface area contributed by atoms with E-state index in [1.54, 1.807) is 4.90 Å². The van der Waals surface area contributed by atoms with Gasteiger partial charge in [0.1, 0.15) is 0 Å². The molecule has 0 amide bonds. The predicted octanol–water partition coefficient (Wildman–Crippen LogP) is 2.67. The largest absolute Gasteiger partial charge is 0.501 e. The maximum Gasteiger partial charge on any atom is 0.501 e. The minimum Gasteiger partial charge on any atom is -0.383 e. The quantitative estimate of drug-likeness (QED) is 0.713. The smallest absolute Gasteiger partial charge is 0.383 e. The molecular weight excluding hydrogens is 331 g/mol. The molecule has 4 nitrogen and oxygen atoms in total. The number of rotatable bonds is 7. The number of hydrogen-bond donors (Lipinski definition) is 0. The van der Waals surface area contributed by atoms with Crippen LogP contribution in [0, 0.1) is 0 Å². The second-order valence-corrected chi connectivity index (χ2v) is 6.43. The van der Waals surface area contributed by atoms with Gasteiger partial charge in [0.15, 0.2) is 0 Å². The molecule has 1 rings (SSSR count). The molecule has 0 saturated heterocycles. The highest BCUT2D eigenvalue weighted by molar-refractivity contribution is 7.92. The van der Waals surface area contributed by atoms with Crippen molar-refractivity contribution in [2.75, 3.05) is 37.6 Å². The van der Waals surface area contributed by atoms with Gasteiger partial charge < -0.3 is 9.64 Å². The molecular formula is C12H15ClF3NO3S. The van der Waals surface area contributed by atoms with E-state index < -0.39 is 20.2 Å². The second-order valence-electron chi connectivity index (χ2n) is 4.11. The van der Waals surface area contributed by atoms with E-state index >= 15 is 0 Å². The molecule has 0 heterocycles. The van der Waals surface area contributed by atoms with Crippen molar-refractivity contribution in [1.29, 1.82) is 0 Å². The summed E-state index contributed by atoms with van der Waals surface area (Å²) < 4.78 is 64.7. The van der Waals surface area contributed by atoms with Crippen LogP contribution in [0.15, 0.2) is 29.2 Å². The molecule has 0 saturated carbocycles. The number of halogens is 4. The van der Waals surface area contributed by atoms with Crippen LogP contribution in [0.3, 0.4) is 0 Å². The topological polar surface area (TPSA) is 46.6 Å². The first-order valence-electron chi connectivity index (χ1n) is 5.95. The van der Waals surface area contributed by atoms with Crippen LogP contribution in [0.4, 0.5) is 18.9 Å². The van der Waals surface area contributed by atoms with Gasteiger partial charge >= 0.3 is 5.51 Å². The highest BCUT2D eigenvalue weighted by Crippen LogP contribution is 2.31. The monoisotopic (exact) mass is 345 g/mol. The van der Waals surface area contributed by atoms with Crippen LogP contribution in [0.2, 0.25) is 0 Å². The third-order valence-corrected chi connectivity index (χ3v) is 4.41. The fourth-order valence-corrected chi connectivity index (χ4v) is 2.61. The van der Waals surface area contributed by atoms with Crippen molar-refractivity contribution >= 4 is 27.1 Å². The number of nitrogens with zero attached hydrogens (tertiary/aromatic N) is 1. The standard InChI is InChI=1S/C12H15ClF3NO3S/c1-20-9-8-17(7-6-13)10-2-4-11(5-3-10)21(18,19)12(14,15)16/h2-5H,6-9H2,1H3. The summed E-state index contributed by atoms with van der Waals surface area (Å²) in [4.78, 5) is 1.01. The van der Waals surface area contributed by atoms with Crippen LogP contribution < -0.4 is 4.90 Å². The first-order chi connectivity index (χ1) is 9.74. The van der Waals surface area contributed by atoms with Crippen LogP contribution in [0.25, 0.3) is 0 Å². The molecule has 0 N–H and O–H groups in total. The van der Waals surface area contributed by atoms with Crippen molar-refractivity contribution in [3.8, 4) is 0 Å². The zero-order valence-electron chi connectivity index (χ0n) is 11.2. The normalized spacial score (nSPS) is 12.4. The van der Waals surface area contributed by atoms with Crippen molar-refractivity contribution in [2.45, 2.75) is 10.4 Å². The van der Waals surface area contributed by atoms with E-state index in [1.807, 2.05) is 0 Å². The third kappa shape index (κ3) is 4.49. The van der Waals surface area contributed by atoms with Gasteiger partial charge in [-0.15, -0.1) is 11.6 Å². The molecule has 9 heteroatoms. The van der Waals surface area contributed by atoms with Gasteiger partial charge in [0, 0.05) is 31.8 Å². The lowest BCUT2D eigenvalue weighted by Gasteiger charge is -2.23. The number of anilines is 1. The Morgan fingerprint density at radius 1 is 1.19 bits per heavy atom. The Balaban J connectivity index is 3.00. The summed E-state index contributed by atoms with van der Waals surface area (Å²) >= 11 is 5.66. The van der Waals surface area contributed by atoms with Gasteiger partial charge in [-0.1, -0.05) is 0 Å². The molecule has 0 radical (unpaired) electrons. The summed E-state index contributed by atoms with van der Waals surface area (Å²) in [6.07, 6.45) is 0. The Morgan fingerprint density at radius 3 is 2.19 bits per heavy atom. The summed E-state index contributed by atoms with van der Waals surface area (Å²) in [6, 6.07) is 4.51. The average Bonchev–Trinajstić information content (AvgIpc) is 2.42. The van der Waals surface area contributed by atoms with Gasteiger partial charge in [0.25, 0.3) is 9.84 Å². The van der Waals surface area contributed by atoms with Crippen molar-refractivity contribution < 1.29 is 26.3 Å². The fourth-order valence-electron chi connectivity index (χ4n) is 1.64. The number of benzene rings is 1. The Kier molecular flexibility index (Phi) is 6.30. The molecule has 21 heavy (non-hydrogen) atoms. The lowest BCUT2D eigenvalue weighted by Crippen LogP contribution is -2.29. The molecule has 120 valence electrons. The maximum absolute atomic E-state index is 12.4. The molecule has 0 aliphatic heterocycles. The van der Waals surface area contributed by atoms with E-state index in [2.05, 4.69) is 0 Å². The number of sulfone groups is 1.